The fourth-order valence-corrected chi connectivity index (χ4v) is 2.03. The molecule has 1 aliphatic heterocycles. The molecule has 1 atom stereocenters. The van der Waals surface area contributed by atoms with Crippen molar-refractivity contribution in [1.82, 2.24) is 10.2 Å². The fourth-order valence-electron chi connectivity index (χ4n) is 2.03. The molecule has 1 aliphatic rings. The lowest BCUT2D eigenvalue weighted by molar-refractivity contribution is -0.125. The van der Waals surface area contributed by atoms with Gasteiger partial charge in [0.25, 0.3) is 0 Å². The van der Waals surface area contributed by atoms with Gasteiger partial charge in [0.05, 0.1) is 6.04 Å². The van der Waals surface area contributed by atoms with Crippen LogP contribution in [0.2, 0.25) is 0 Å². The Hall–Kier alpha value is -0.570. The Morgan fingerprint density at radius 3 is 2.57 bits per heavy atom. The van der Waals surface area contributed by atoms with E-state index < -0.39 is 0 Å². The van der Waals surface area contributed by atoms with Gasteiger partial charge in [-0.05, 0) is 39.3 Å². The fraction of sp³-hybridized carbons (Fsp3) is 0.909. The molecule has 0 aromatic heterocycles. The predicted octanol–water partition coefficient (Wildman–Crippen LogP) is 1.39. The largest absolute Gasteiger partial charge is 0.352 e. The second-order valence-electron chi connectivity index (χ2n) is 4.16. The number of rotatable bonds is 4. The Morgan fingerprint density at radius 2 is 2.14 bits per heavy atom. The zero-order valence-corrected chi connectivity index (χ0v) is 9.55. The van der Waals surface area contributed by atoms with Crippen molar-refractivity contribution in [3.63, 3.8) is 0 Å². The maximum absolute atomic E-state index is 11.8. The molecular weight excluding hydrogens is 176 g/mol. The van der Waals surface area contributed by atoms with Crippen LogP contribution in [0.15, 0.2) is 0 Å². The van der Waals surface area contributed by atoms with E-state index in [2.05, 4.69) is 24.1 Å². The van der Waals surface area contributed by atoms with E-state index in [-0.39, 0.29) is 11.9 Å². The van der Waals surface area contributed by atoms with Crippen LogP contribution in [0.25, 0.3) is 0 Å². The lowest BCUT2D eigenvalue weighted by Crippen LogP contribution is -2.45. The van der Waals surface area contributed by atoms with Crippen molar-refractivity contribution in [2.45, 2.75) is 51.6 Å². The van der Waals surface area contributed by atoms with Gasteiger partial charge in [-0.25, -0.2) is 0 Å². The van der Waals surface area contributed by atoms with E-state index in [1.165, 1.54) is 0 Å². The molecule has 1 N–H and O–H groups in total. The lowest BCUT2D eigenvalue weighted by atomic mass is 10.1. The molecule has 0 aromatic rings. The second kappa shape index (κ2) is 5.35. The number of carbonyl (C=O) groups excluding carboxylic acids is 1. The van der Waals surface area contributed by atoms with Gasteiger partial charge in [-0.2, -0.15) is 0 Å². The summed E-state index contributed by atoms with van der Waals surface area (Å²) in [7, 11) is 2.03. The third kappa shape index (κ3) is 2.71. The molecule has 1 amide bonds. The second-order valence-corrected chi connectivity index (χ2v) is 4.16. The first-order chi connectivity index (χ1) is 6.69. The molecule has 1 rings (SSSR count). The number of hydrogen-bond acceptors (Lipinski definition) is 2. The minimum atomic E-state index is 0.121. The Morgan fingerprint density at radius 1 is 1.50 bits per heavy atom. The summed E-state index contributed by atoms with van der Waals surface area (Å²) in [6.45, 7) is 5.29. The first-order valence-corrected chi connectivity index (χ1v) is 5.69. The minimum Gasteiger partial charge on any atom is -0.352 e. The highest BCUT2D eigenvalue weighted by Crippen LogP contribution is 2.15. The molecule has 1 unspecified atom stereocenters. The average Bonchev–Trinajstić information content (AvgIpc) is 2.60. The van der Waals surface area contributed by atoms with Gasteiger partial charge in [-0.15, -0.1) is 0 Å². The summed E-state index contributed by atoms with van der Waals surface area (Å²) in [5.74, 6) is 0.221. The van der Waals surface area contributed by atoms with Crippen LogP contribution in [0.5, 0.6) is 0 Å². The molecule has 14 heavy (non-hydrogen) atoms. The smallest absolute Gasteiger partial charge is 0.237 e. The van der Waals surface area contributed by atoms with Crippen molar-refractivity contribution in [3.8, 4) is 0 Å². The van der Waals surface area contributed by atoms with Gasteiger partial charge in [0.1, 0.15) is 0 Å². The topological polar surface area (TPSA) is 32.3 Å². The van der Waals surface area contributed by atoms with E-state index in [1.807, 2.05) is 7.05 Å². The van der Waals surface area contributed by atoms with E-state index in [4.69, 9.17) is 0 Å². The number of likely N-dealkylation sites (tertiary alicyclic amines) is 1. The molecule has 0 radical (unpaired) electrons. The highest BCUT2D eigenvalue weighted by Gasteiger charge is 2.28. The van der Waals surface area contributed by atoms with E-state index in [1.54, 1.807) is 0 Å². The van der Waals surface area contributed by atoms with Crippen LogP contribution in [0, 0.1) is 0 Å². The Bertz CT molecular complexity index is 190. The van der Waals surface area contributed by atoms with Gasteiger partial charge in [0, 0.05) is 6.04 Å². The molecule has 1 saturated heterocycles. The minimum absolute atomic E-state index is 0.121. The normalized spacial score (nSPS) is 23.0. The average molecular weight is 198 g/mol. The summed E-state index contributed by atoms with van der Waals surface area (Å²) >= 11 is 0. The van der Waals surface area contributed by atoms with E-state index in [0.29, 0.717) is 6.04 Å². The molecule has 0 spiro atoms. The Labute approximate surface area is 86.9 Å². The molecule has 1 fully saturated rings. The van der Waals surface area contributed by atoms with Crippen molar-refractivity contribution < 1.29 is 4.79 Å². The van der Waals surface area contributed by atoms with Gasteiger partial charge in [0.2, 0.25) is 5.91 Å². The van der Waals surface area contributed by atoms with Crippen LogP contribution in [0.3, 0.4) is 0 Å². The number of amides is 1. The molecule has 0 aliphatic carbocycles. The molecule has 1 heterocycles. The highest BCUT2D eigenvalue weighted by atomic mass is 16.2. The summed E-state index contributed by atoms with van der Waals surface area (Å²) in [5.41, 5.74) is 0. The van der Waals surface area contributed by atoms with Crippen LogP contribution >= 0.6 is 0 Å². The van der Waals surface area contributed by atoms with Crippen molar-refractivity contribution in [1.29, 1.82) is 0 Å². The molecule has 3 nitrogen and oxygen atoms in total. The zero-order chi connectivity index (χ0) is 10.6. The van der Waals surface area contributed by atoms with Gasteiger partial charge in [-0.1, -0.05) is 13.8 Å². The third-order valence-electron chi connectivity index (χ3n) is 3.16. The zero-order valence-electron chi connectivity index (χ0n) is 9.55. The van der Waals surface area contributed by atoms with Crippen LogP contribution in [-0.2, 0) is 4.79 Å². The molecule has 0 bridgehead atoms. The summed E-state index contributed by atoms with van der Waals surface area (Å²) < 4.78 is 0. The maximum atomic E-state index is 11.8. The number of nitrogens with one attached hydrogen (secondary N) is 1. The van der Waals surface area contributed by atoms with Crippen LogP contribution in [0.1, 0.15) is 39.5 Å². The molecule has 0 saturated carbocycles. The van der Waals surface area contributed by atoms with Gasteiger partial charge < -0.3 is 5.32 Å². The lowest BCUT2D eigenvalue weighted by Gasteiger charge is -2.22. The van der Waals surface area contributed by atoms with Crippen molar-refractivity contribution in [2.24, 2.45) is 0 Å². The number of likely N-dealkylation sites (N-methyl/N-ethyl adjacent to an activating group) is 1. The number of carbonyl (C=O) groups is 1. The number of hydrogen-bond donors (Lipinski definition) is 1. The first kappa shape index (κ1) is 11.5. The monoisotopic (exact) mass is 198 g/mol. The van der Waals surface area contributed by atoms with Crippen molar-refractivity contribution in [2.75, 3.05) is 13.6 Å². The SMILES string of the molecule is CCC(CC)NC(=O)C1CCCN1C. The van der Waals surface area contributed by atoms with E-state index in [9.17, 15) is 4.79 Å². The van der Waals surface area contributed by atoms with E-state index >= 15 is 0 Å². The standard InChI is InChI=1S/C11H22N2O/c1-4-9(5-2)12-11(14)10-7-6-8-13(10)3/h9-10H,4-8H2,1-3H3,(H,12,14). The molecule has 3 heteroatoms. The van der Waals surface area contributed by atoms with Crippen molar-refractivity contribution in [3.05, 3.63) is 0 Å². The maximum Gasteiger partial charge on any atom is 0.237 e. The highest BCUT2D eigenvalue weighted by molar-refractivity contribution is 5.82. The van der Waals surface area contributed by atoms with Crippen LogP contribution < -0.4 is 5.32 Å². The predicted molar refractivity (Wildman–Crippen MR) is 58.2 cm³/mol. The van der Waals surface area contributed by atoms with Crippen LogP contribution in [0.4, 0.5) is 0 Å². The summed E-state index contributed by atoms with van der Waals surface area (Å²) in [6.07, 6.45) is 4.22. The number of nitrogens with zero attached hydrogens (tertiary/aromatic N) is 1. The Kier molecular flexibility index (Phi) is 4.39. The Balaban J connectivity index is 2.40. The quantitative estimate of drug-likeness (QED) is 0.740. The van der Waals surface area contributed by atoms with E-state index in [0.717, 1.165) is 32.2 Å². The van der Waals surface area contributed by atoms with Gasteiger partial charge in [0.15, 0.2) is 0 Å². The summed E-state index contributed by atoms with van der Waals surface area (Å²) in [5, 5.41) is 3.11. The van der Waals surface area contributed by atoms with Gasteiger partial charge in [-0.3, -0.25) is 9.69 Å². The third-order valence-corrected chi connectivity index (χ3v) is 3.16. The van der Waals surface area contributed by atoms with Crippen molar-refractivity contribution >= 4 is 5.91 Å². The molecule has 82 valence electrons. The van der Waals surface area contributed by atoms with Gasteiger partial charge >= 0.3 is 0 Å². The first-order valence-electron chi connectivity index (χ1n) is 5.69. The molecule has 0 aromatic carbocycles. The summed E-state index contributed by atoms with van der Waals surface area (Å²) in [4.78, 5) is 14.0. The summed E-state index contributed by atoms with van der Waals surface area (Å²) in [6, 6.07) is 0.479. The van der Waals surface area contributed by atoms with Crippen LogP contribution in [-0.4, -0.2) is 36.5 Å². The molecular formula is C11H22N2O.